The van der Waals surface area contributed by atoms with Crippen LogP contribution in [0.15, 0.2) is 84.9 Å². The van der Waals surface area contributed by atoms with Gasteiger partial charge >= 0.3 is 0 Å². The predicted molar refractivity (Wildman–Crippen MR) is 133 cm³/mol. The van der Waals surface area contributed by atoms with Crippen LogP contribution < -0.4 is 5.32 Å². The molecule has 1 N–H and O–H groups in total. The number of ketones is 1. The number of aromatic nitrogens is 1. The fourth-order valence-electron chi connectivity index (χ4n) is 3.11. The Morgan fingerprint density at radius 1 is 1.19 bits per heavy atom. The highest BCUT2D eigenvalue weighted by Crippen LogP contribution is 2.18. The van der Waals surface area contributed by atoms with Gasteiger partial charge in [-0.05, 0) is 70.4 Å². The molecular weight excluding hydrogens is 399 g/mol. The normalized spacial score (nSPS) is 13.6. The zero-order valence-electron chi connectivity index (χ0n) is 19.9. The first-order valence-electron chi connectivity index (χ1n) is 11.3. The number of hydrogen-bond acceptors (Lipinski definition) is 3. The Morgan fingerprint density at radius 2 is 1.84 bits per heavy atom. The van der Waals surface area contributed by atoms with Crippen molar-refractivity contribution in [1.82, 2.24) is 10.3 Å². The number of Topliss-reactive ketones (excluding diaryl/α,β-unsaturated/α-hetero) is 1. The van der Waals surface area contributed by atoms with E-state index in [1.54, 1.807) is 36.7 Å². The van der Waals surface area contributed by atoms with Crippen LogP contribution in [0.5, 0.6) is 0 Å². The Hall–Kier alpha value is -3.01. The van der Waals surface area contributed by atoms with Crippen molar-refractivity contribution in [3.63, 3.8) is 0 Å². The Balaban J connectivity index is 0.000000257. The van der Waals surface area contributed by atoms with Crippen LogP contribution in [-0.2, 0) is 0 Å². The van der Waals surface area contributed by atoms with Gasteiger partial charge in [0.05, 0.1) is 0 Å². The molecule has 1 fully saturated rings. The van der Waals surface area contributed by atoms with Gasteiger partial charge in [0, 0.05) is 29.7 Å². The molecule has 0 radical (unpaired) electrons. The number of carbonyl (C=O) groups is 1. The van der Waals surface area contributed by atoms with E-state index in [-0.39, 0.29) is 11.6 Å². The molecule has 1 heterocycles. The maximum atomic E-state index is 12.1. The van der Waals surface area contributed by atoms with Crippen LogP contribution in [0.2, 0.25) is 0 Å². The van der Waals surface area contributed by atoms with Crippen LogP contribution in [0.4, 0.5) is 4.39 Å². The molecule has 3 rings (SSSR count). The molecule has 0 unspecified atom stereocenters. The van der Waals surface area contributed by atoms with Gasteiger partial charge in [-0.3, -0.25) is 9.78 Å². The highest BCUT2D eigenvalue weighted by atomic mass is 19.1. The Bertz CT molecular complexity index is 843. The number of nitrogens with one attached hydrogen (secondary N) is 1. The fraction of sp³-hybridized carbons (Fsp3) is 0.357. The molecule has 0 atom stereocenters. The van der Waals surface area contributed by atoms with Gasteiger partial charge in [0.1, 0.15) is 5.82 Å². The summed E-state index contributed by atoms with van der Waals surface area (Å²) >= 11 is 0. The maximum absolute atomic E-state index is 12.1. The Labute approximate surface area is 193 Å². The second-order valence-electron chi connectivity index (χ2n) is 7.79. The molecule has 1 saturated carbocycles. The number of allylic oxidation sites excluding steroid dienone is 4. The van der Waals surface area contributed by atoms with Crippen LogP contribution in [-0.4, -0.2) is 16.8 Å². The third-order valence-corrected chi connectivity index (χ3v) is 5.10. The molecule has 1 aliphatic rings. The van der Waals surface area contributed by atoms with E-state index in [2.05, 4.69) is 49.0 Å². The topological polar surface area (TPSA) is 42.0 Å². The third-order valence-electron chi connectivity index (χ3n) is 5.10. The van der Waals surface area contributed by atoms with E-state index in [0.717, 1.165) is 17.7 Å². The molecule has 0 amide bonds. The minimum atomic E-state index is -0.171. The van der Waals surface area contributed by atoms with Gasteiger partial charge < -0.3 is 5.32 Å². The van der Waals surface area contributed by atoms with Crippen molar-refractivity contribution in [3.05, 3.63) is 102 Å². The highest BCUT2D eigenvalue weighted by molar-refractivity contribution is 5.93. The Kier molecular flexibility index (Phi) is 13.3. The summed E-state index contributed by atoms with van der Waals surface area (Å²) in [5, 5.41) is 3.47. The van der Waals surface area contributed by atoms with E-state index in [1.165, 1.54) is 50.3 Å². The minimum absolute atomic E-state index is 0.0584. The van der Waals surface area contributed by atoms with Gasteiger partial charge in [-0.2, -0.15) is 0 Å². The molecule has 0 aliphatic heterocycles. The van der Waals surface area contributed by atoms with Gasteiger partial charge in [0.25, 0.3) is 0 Å². The average Bonchev–Trinajstić information content (AvgIpc) is 3.31. The van der Waals surface area contributed by atoms with E-state index in [0.29, 0.717) is 11.6 Å². The first-order valence-corrected chi connectivity index (χ1v) is 11.3. The monoisotopic (exact) mass is 436 g/mol. The molecule has 3 nitrogen and oxygen atoms in total. The summed E-state index contributed by atoms with van der Waals surface area (Å²) in [6, 6.07) is 10.6. The number of hydrogen-bond donors (Lipinski definition) is 1. The van der Waals surface area contributed by atoms with E-state index in [1.807, 2.05) is 6.92 Å². The van der Waals surface area contributed by atoms with Gasteiger partial charge in [0.15, 0.2) is 5.78 Å². The lowest BCUT2D eigenvalue weighted by Crippen LogP contribution is -2.23. The van der Waals surface area contributed by atoms with Crippen LogP contribution in [0.1, 0.15) is 68.8 Å². The SMILES string of the molecule is C=C(/C=C\C(=C/C)CC)NC1CCCC1.CC(=O)c1cccnc1.Cc1ccc(F)cc1. The number of halogens is 1. The minimum Gasteiger partial charge on any atom is -0.383 e. The second kappa shape index (κ2) is 15.7. The van der Waals surface area contributed by atoms with Crippen molar-refractivity contribution in [2.24, 2.45) is 0 Å². The number of benzene rings is 1. The van der Waals surface area contributed by atoms with Crippen molar-refractivity contribution in [2.45, 2.75) is 65.8 Å². The molecule has 1 aromatic heterocycles. The van der Waals surface area contributed by atoms with Crippen molar-refractivity contribution in [3.8, 4) is 0 Å². The summed E-state index contributed by atoms with van der Waals surface area (Å²) in [7, 11) is 0. The van der Waals surface area contributed by atoms with Crippen molar-refractivity contribution in [1.29, 1.82) is 0 Å². The number of carbonyl (C=O) groups excluding carboxylic acids is 1. The van der Waals surface area contributed by atoms with Crippen molar-refractivity contribution < 1.29 is 9.18 Å². The van der Waals surface area contributed by atoms with E-state index in [9.17, 15) is 9.18 Å². The molecule has 4 heteroatoms. The quantitative estimate of drug-likeness (QED) is 0.380. The number of aryl methyl sites for hydroxylation is 1. The first-order chi connectivity index (χ1) is 15.3. The predicted octanol–water partition coefficient (Wildman–Crippen LogP) is 7.36. The van der Waals surface area contributed by atoms with Gasteiger partial charge in [0.2, 0.25) is 0 Å². The Morgan fingerprint density at radius 3 is 2.28 bits per heavy atom. The number of pyridine rings is 1. The standard InChI is InChI=1S/C14H23N.C7H7F.C7H7NO/c1-4-13(5-2)11-10-12(3)15-14-8-6-7-9-14;1-6-2-4-7(8)5-3-6;1-6(9)7-3-2-4-8-5-7/h4,10-11,14-15H,3,5-9H2,1-2H3;2-5H,1H3;2-5H,1H3/b11-10-,13-4-;;. The number of nitrogens with zero attached hydrogens (tertiary/aromatic N) is 1. The lowest BCUT2D eigenvalue weighted by Gasteiger charge is -2.13. The molecular formula is C28H37FN2O. The summed E-state index contributed by atoms with van der Waals surface area (Å²) in [6.07, 6.45) is 16.0. The number of rotatable bonds is 6. The molecule has 0 bridgehead atoms. The largest absolute Gasteiger partial charge is 0.383 e. The van der Waals surface area contributed by atoms with Crippen molar-refractivity contribution >= 4 is 5.78 Å². The van der Waals surface area contributed by atoms with Crippen LogP contribution in [0.25, 0.3) is 0 Å². The average molecular weight is 437 g/mol. The molecule has 1 aromatic carbocycles. The molecule has 1 aliphatic carbocycles. The maximum Gasteiger partial charge on any atom is 0.161 e. The highest BCUT2D eigenvalue weighted by Gasteiger charge is 2.13. The summed E-state index contributed by atoms with van der Waals surface area (Å²) < 4.78 is 12.1. The molecule has 32 heavy (non-hydrogen) atoms. The van der Waals surface area contributed by atoms with Crippen molar-refractivity contribution in [2.75, 3.05) is 0 Å². The lowest BCUT2D eigenvalue weighted by molar-refractivity contribution is 0.101. The lowest BCUT2D eigenvalue weighted by atomic mass is 10.1. The summed E-state index contributed by atoms with van der Waals surface area (Å²) in [5.41, 5.74) is 4.17. The molecule has 0 spiro atoms. The van der Waals surface area contributed by atoms with Crippen LogP contribution in [0.3, 0.4) is 0 Å². The molecule has 2 aromatic rings. The summed E-state index contributed by atoms with van der Waals surface area (Å²) in [4.78, 5) is 14.4. The van der Waals surface area contributed by atoms with Crippen LogP contribution in [0, 0.1) is 12.7 Å². The first kappa shape index (κ1) is 27.0. The second-order valence-corrected chi connectivity index (χ2v) is 7.79. The fourth-order valence-corrected chi connectivity index (χ4v) is 3.11. The van der Waals surface area contributed by atoms with Gasteiger partial charge in [-0.25, -0.2) is 4.39 Å². The summed E-state index contributed by atoms with van der Waals surface area (Å²) in [5.74, 6) is -0.112. The zero-order chi connectivity index (χ0) is 23.8. The molecule has 172 valence electrons. The van der Waals surface area contributed by atoms with Gasteiger partial charge in [-0.15, -0.1) is 0 Å². The third kappa shape index (κ3) is 12.0. The smallest absolute Gasteiger partial charge is 0.161 e. The van der Waals surface area contributed by atoms with Crippen LogP contribution >= 0.6 is 0 Å². The van der Waals surface area contributed by atoms with Gasteiger partial charge in [-0.1, -0.05) is 61.8 Å². The van der Waals surface area contributed by atoms with E-state index < -0.39 is 0 Å². The zero-order valence-corrected chi connectivity index (χ0v) is 19.9. The van der Waals surface area contributed by atoms with E-state index in [4.69, 9.17) is 0 Å². The summed E-state index contributed by atoms with van der Waals surface area (Å²) in [6.45, 7) is 11.7. The van der Waals surface area contributed by atoms with E-state index >= 15 is 0 Å². The molecule has 0 saturated heterocycles.